The summed E-state index contributed by atoms with van der Waals surface area (Å²) in [5, 5.41) is 5.34. The first-order valence-corrected chi connectivity index (χ1v) is 7.91. The van der Waals surface area contributed by atoms with Crippen LogP contribution in [0.5, 0.6) is 0 Å². The fourth-order valence-corrected chi connectivity index (χ4v) is 2.58. The smallest absolute Gasteiger partial charge is 0.180 e. The predicted molar refractivity (Wildman–Crippen MR) is 92.8 cm³/mol. The summed E-state index contributed by atoms with van der Waals surface area (Å²) < 4.78 is 1.87. The fraction of sp³-hybridized carbons (Fsp3) is 0.389. The van der Waals surface area contributed by atoms with Crippen molar-refractivity contribution in [2.45, 2.75) is 41.2 Å². The second kappa shape index (κ2) is 5.78. The van der Waals surface area contributed by atoms with Crippen LogP contribution in [0.15, 0.2) is 24.7 Å². The molecule has 3 aromatic rings. The second-order valence-electron chi connectivity index (χ2n) is 7.23. The number of pyridine rings is 1. The Labute approximate surface area is 141 Å². The summed E-state index contributed by atoms with van der Waals surface area (Å²) in [5.41, 5.74) is 2.95. The van der Waals surface area contributed by atoms with E-state index in [2.05, 4.69) is 40.8 Å². The maximum atomic E-state index is 12.0. The molecular formula is C18H21N5O. The van der Waals surface area contributed by atoms with Gasteiger partial charge in [0.15, 0.2) is 5.78 Å². The highest BCUT2D eigenvalue weighted by Gasteiger charge is 2.19. The van der Waals surface area contributed by atoms with E-state index in [0.717, 1.165) is 22.2 Å². The van der Waals surface area contributed by atoms with Crippen molar-refractivity contribution < 1.29 is 4.79 Å². The highest BCUT2D eigenvalue weighted by Crippen LogP contribution is 2.26. The van der Waals surface area contributed by atoms with Crippen LogP contribution in [0.2, 0.25) is 0 Å². The van der Waals surface area contributed by atoms with Crippen molar-refractivity contribution in [1.29, 1.82) is 0 Å². The Bertz CT molecular complexity index is 904. The highest BCUT2D eigenvalue weighted by molar-refractivity contribution is 6.05. The zero-order valence-electron chi connectivity index (χ0n) is 14.7. The molecule has 0 unspecified atom stereocenters. The monoisotopic (exact) mass is 323 g/mol. The standard InChI is InChI=1S/C18H21N5O/c1-11(24)17-14-6-15(13-7-19-12(2)20-8-13)21-9-16(14)23(22-17)10-18(3,4)5/h6-9H,10H2,1-5H3. The Morgan fingerprint density at radius 3 is 2.38 bits per heavy atom. The molecule has 0 fully saturated rings. The van der Waals surface area contributed by atoms with Crippen LogP contribution in [0.25, 0.3) is 22.2 Å². The lowest BCUT2D eigenvalue weighted by Crippen LogP contribution is -2.16. The van der Waals surface area contributed by atoms with Crippen LogP contribution >= 0.6 is 0 Å². The summed E-state index contributed by atoms with van der Waals surface area (Å²) in [6, 6.07) is 1.90. The van der Waals surface area contributed by atoms with Crippen molar-refractivity contribution in [3.05, 3.63) is 36.2 Å². The molecule has 0 bridgehead atoms. The van der Waals surface area contributed by atoms with Gasteiger partial charge in [-0.3, -0.25) is 14.5 Å². The van der Waals surface area contributed by atoms with E-state index in [1.807, 2.05) is 17.7 Å². The minimum atomic E-state index is -0.0510. The molecule has 0 radical (unpaired) electrons. The number of hydrogen-bond donors (Lipinski definition) is 0. The van der Waals surface area contributed by atoms with E-state index in [4.69, 9.17) is 0 Å². The molecule has 3 heterocycles. The van der Waals surface area contributed by atoms with Gasteiger partial charge < -0.3 is 0 Å². The van der Waals surface area contributed by atoms with Crippen molar-refractivity contribution >= 4 is 16.7 Å². The van der Waals surface area contributed by atoms with E-state index in [1.165, 1.54) is 6.92 Å². The van der Waals surface area contributed by atoms with Crippen LogP contribution in [0.1, 0.15) is 44.0 Å². The normalized spacial score (nSPS) is 11.9. The predicted octanol–water partition coefficient (Wildman–Crippen LogP) is 3.45. The SMILES string of the molecule is CC(=O)c1nn(CC(C)(C)C)c2cnc(-c3cnc(C)nc3)cc12. The van der Waals surface area contributed by atoms with Gasteiger partial charge >= 0.3 is 0 Å². The maximum absolute atomic E-state index is 12.0. The quantitative estimate of drug-likeness (QED) is 0.690. The molecule has 0 atom stereocenters. The molecule has 0 saturated heterocycles. The fourth-order valence-electron chi connectivity index (χ4n) is 2.58. The zero-order valence-corrected chi connectivity index (χ0v) is 14.7. The maximum Gasteiger partial charge on any atom is 0.180 e. The Morgan fingerprint density at radius 1 is 1.12 bits per heavy atom. The molecule has 124 valence electrons. The van der Waals surface area contributed by atoms with Crippen LogP contribution < -0.4 is 0 Å². The second-order valence-corrected chi connectivity index (χ2v) is 7.23. The Morgan fingerprint density at radius 2 is 1.79 bits per heavy atom. The molecule has 3 rings (SSSR count). The van der Waals surface area contributed by atoms with Crippen molar-refractivity contribution in [2.75, 3.05) is 0 Å². The third kappa shape index (κ3) is 3.18. The van der Waals surface area contributed by atoms with Gasteiger partial charge in [0.1, 0.15) is 11.5 Å². The van der Waals surface area contributed by atoms with Crippen LogP contribution in [0.4, 0.5) is 0 Å². The van der Waals surface area contributed by atoms with Crippen LogP contribution in [0.3, 0.4) is 0 Å². The summed E-state index contributed by atoms with van der Waals surface area (Å²) in [6.45, 7) is 10.5. The van der Waals surface area contributed by atoms with Gasteiger partial charge in [0, 0.05) is 36.8 Å². The molecule has 24 heavy (non-hydrogen) atoms. The Balaban J connectivity index is 2.16. The van der Waals surface area contributed by atoms with Gasteiger partial charge in [-0.2, -0.15) is 5.10 Å². The van der Waals surface area contributed by atoms with E-state index in [9.17, 15) is 4.79 Å². The number of aryl methyl sites for hydroxylation is 1. The molecule has 6 nitrogen and oxygen atoms in total. The molecule has 0 amide bonds. The van der Waals surface area contributed by atoms with Crippen molar-refractivity contribution in [2.24, 2.45) is 5.41 Å². The summed E-state index contributed by atoms with van der Waals surface area (Å²) >= 11 is 0. The van der Waals surface area contributed by atoms with Gasteiger partial charge in [-0.15, -0.1) is 0 Å². The van der Waals surface area contributed by atoms with Crippen molar-refractivity contribution in [1.82, 2.24) is 24.7 Å². The van der Waals surface area contributed by atoms with E-state index in [0.29, 0.717) is 18.1 Å². The van der Waals surface area contributed by atoms with Crippen molar-refractivity contribution in [3.8, 4) is 11.3 Å². The number of aromatic nitrogens is 5. The lowest BCUT2D eigenvalue weighted by Gasteiger charge is -2.18. The summed E-state index contributed by atoms with van der Waals surface area (Å²) in [7, 11) is 0. The number of ketones is 1. The third-order valence-electron chi connectivity index (χ3n) is 3.67. The number of nitrogens with zero attached hydrogens (tertiary/aromatic N) is 5. The molecule has 6 heteroatoms. The first-order valence-electron chi connectivity index (χ1n) is 7.91. The number of rotatable bonds is 3. The highest BCUT2D eigenvalue weighted by atomic mass is 16.1. The molecule has 0 aliphatic carbocycles. The number of carbonyl (C=O) groups excluding carboxylic acids is 1. The van der Waals surface area contributed by atoms with Crippen LogP contribution in [0, 0.1) is 12.3 Å². The van der Waals surface area contributed by atoms with Gasteiger partial charge in [0.2, 0.25) is 0 Å². The largest absolute Gasteiger partial charge is 0.293 e. The Kier molecular flexibility index (Phi) is 3.91. The number of hydrogen-bond acceptors (Lipinski definition) is 5. The van der Waals surface area contributed by atoms with Gasteiger partial charge in [-0.05, 0) is 18.4 Å². The topological polar surface area (TPSA) is 73.6 Å². The number of fused-ring (bicyclic) bond motifs is 1. The van der Waals surface area contributed by atoms with E-state index < -0.39 is 0 Å². The zero-order chi connectivity index (χ0) is 17.5. The molecule has 3 aromatic heterocycles. The molecule has 0 saturated carbocycles. The average molecular weight is 323 g/mol. The molecule has 0 aliphatic rings. The molecule has 0 aromatic carbocycles. The van der Waals surface area contributed by atoms with Crippen LogP contribution in [-0.2, 0) is 6.54 Å². The minimum absolute atomic E-state index is 0.0510. The third-order valence-corrected chi connectivity index (χ3v) is 3.67. The molecule has 0 spiro atoms. The van der Waals surface area contributed by atoms with Gasteiger partial charge in [-0.1, -0.05) is 20.8 Å². The number of carbonyl (C=O) groups is 1. The molecular weight excluding hydrogens is 302 g/mol. The summed E-state index contributed by atoms with van der Waals surface area (Å²) in [4.78, 5) is 24.9. The van der Waals surface area contributed by atoms with Crippen molar-refractivity contribution in [3.63, 3.8) is 0 Å². The van der Waals surface area contributed by atoms with Gasteiger partial charge in [0.05, 0.1) is 17.4 Å². The van der Waals surface area contributed by atoms with Crippen LogP contribution in [-0.4, -0.2) is 30.5 Å². The van der Waals surface area contributed by atoms with E-state index in [-0.39, 0.29) is 11.2 Å². The number of Topliss-reactive ketones (excluding diaryl/α,β-unsaturated/α-hetero) is 1. The van der Waals surface area contributed by atoms with E-state index >= 15 is 0 Å². The molecule has 0 aliphatic heterocycles. The van der Waals surface area contributed by atoms with Gasteiger partial charge in [0.25, 0.3) is 0 Å². The first-order chi connectivity index (χ1) is 11.2. The average Bonchev–Trinajstić information content (AvgIpc) is 2.84. The lowest BCUT2D eigenvalue weighted by molar-refractivity contribution is 0.101. The summed E-state index contributed by atoms with van der Waals surface area (Å²) in [6.07, 6.45) is 5.25. The Hall–Kier alpha value is -2.63. The first kappa shape index (κ1) is 16.2. The lowest BCUT2D eigenvalue weighted by atomic mass is 9.97. The minimum Gasteiger partial charge on any atom is -0.293 e. The van der Waals surface area contributed by atoms with E-state index in [1.54, 1.807) is 18.6 Å². The summed E-state index contributed by atoms with van der Waals surface area (Å²) in [5.74, 6) is 0.659. The molecule has 0 N–H and O–H groups in total. The van der Waals surface area contributed by atoms with Gasteiger partial charge in [-0.25, -0.2) is 9.97 Å².